The van der Waals surface area contributed by atoms with E-state index in [0.717, 1.165) is 19.3 Å². The van der Waals surface area contributed by atoms with Gasteiger partial charge in [0, 0.05) is 25.2 Å². The second-order valence-electron chi connectivity index (χ2n) is 6.64. The summed E-state index contributed by atoms with van der Waals surface area (Å²) in [7, 11) is -1.85. The molecule has 2 aromatic rings. The Morgan fingerprint density at radius 3 is 2.42 bits per heavy atom. The number of nitrogens with zero attached hydrogens (tertiary/aromatic N) is 3. The predicted molar refractivity (Wildman–Crippen MR) is 96.0 cm³/mol. The number of methoxy groups -OCH3 is 1. The highest BCUT2D eigenvalue weighted by Crippen LogP contribution is 2.32. The highest BCUT2D eigenvalue weighted by molar-refractivity contribution is 7.91. The van der Waals surface area contributed by atoms with E-state index in [1.807, 2.05) is 4.90 Å². The molecule has 1 aromatic carbocycles. The summed E-state index contributed by atoms with van der Waals surface area (Å²) in [6, 6.07) is 7.17. The van der Waals surface area contributed by atoms with Gasteiger partial charge in [0.2, 0.25) is 15.0 Å². The van der Waals surface area contributed by atoms with E-state index in [-0.39, 0.29) is 23.4 Å². The van der Waals surface area contributed by atoms with Crippen molar-refractivity contribution in [3.05, 3.63) is 30.0 Å². The summed E-state index contributed by atoms with van der Waals surface area (Å²) < 4.78 is 31.4. The number of sulfone groups is 1. The molecular weight excluding hydrogens is 354 g/mol. The van der Waals surface area contributed by atoms with Gasteiger partial charge in [0.25, 0.3) is 5.91 Å². The fraction of sp³-hybridized carbons (Fsp3) is 0.444. The number of aromatic nitrogens is 2. The first-order valence-electron chi connectivity index (χ1n) is 8.78. The van der Waals surface area contributed by atoms with E-state index in [1.54, 1.807) is 35.9 Å². The molecule has 138 valence electrons. The molecule has 4 rings (SSSR count). The van der Waals surface area contributed by atoms with E-state index in [2.05, 4.69) is 4.98 Å². The number of benzene rings is 1. The maximum Gasteiger partial charge on any atom is 0.272 e. The molecule has 0 bridgehead atoms. The molecule has 1 aromatic heterocycles. The SMILES string of the molecule is COc1ccc(-c2nc3n(c2C(=O)N2CCCCC2)CCS3(=O)=O)cc1. The highest BCUT2D eigenvalue weighted by Gasteiger charge is 2.37. The van der Waals surface area contributed by atoms with Gasteiger partial charge in [-0.25, -0.2) is 13.4 Å². The standard InChI is InChI=1S/C18H21N3O4S/c1-25-14-7-5-13(6-8-14)15-16(17(22)20-9-3-2-4-10-20)21-11-12-26(23,24)18(21)19-15/h5-8H,2-4,9-12H2,1H3. The molecule has 0 spiro atoms. The third-order valence-corrected chi connectivity index (χ3v) is 6.59. The Morgan fingerprint density at radius 2 is 1.77 bits per heavy atom. The van der Waals surface area contributed by atoms with Crippen molar-refractivity contribution in [1.29, 1.82) is 0 Å². The van der Waals surface area contributed by atoms with Crippen molar-refractivity contribution in [3.8, 4) is 17.0 Å². The Balaban J connectivity index is 1.83. The minimum Gasteiger partial charge on any atom is -0.497 e. The highest BCUT2D eigenvalue weighted by atomic mass is 32.2. The normalized spacial score (nSPS) is 18.6. The molecule has 2 aliphatic heterocycles. The van der Waals surface area contributed by atoms with Crippen molar-refractivity contribution in [2.24, 2.45) is 0 Å². The van der Waals surface area contributed by atoms with Crippen molar-refractivity contribution in [3.63, 3.8) is 0 Å². The Labute approximate surface area is 152 Å². The van der Waals surface area contributed by atoms with Crippen LogP contribution < -0.4 is 4.74 Å². The maximum absolute atomic E-state index is 13.2. The topological polar surface area (TPSA) is 81.5 Å². The van der Waals surface area contributed by atoms with Crippen LogP contribution in [0.1, 0.15) is 29.8 Å². The number of hydrogen-bond acceptors (Lipinski definition) is 5. The van der Waals surface area contributed by atoms with Crippen molar-refractivity contribution < 1.29 is 17.9 Å². The molecule has 8 heteroatoms. The lowest BCUT2D eigenvalue weighted by Gasteiger charge is -2.27. The molecule has 1 fully saturated rings. The molecule has 1 amide bonds. The maximum atomic E-state index is 13.2. The molecular formula is C18H21N3O4S. The van der Waals surface area contributed by atoms with E-state index in [0.29, 0.717) is 35.8 Å². The minimum atomic E-state index is -3.44. The predicted octanol–water partition coefficient (Wildman–Crippen LogP) is 1.97. The van der Waals surface area contributed by atoms with Gasteiger partial charge in [-0.15, -0.1) is 0 Å². The number of hydrogen-bond donors (Lipinski definition) is 0. The van der Waals surface area contributed by atoms with Gasteiger partial charge in [-0.1, -0.05) is 0 Å². The summed E-state index contributed by atoms with van der Waals surface area (Å²) in [6.07, 6.45) is 3.07. The van der Waals surface area contributed by atoms with Crippen LogP contribution in [0, 0.1) is 0 Å². The number of fused-ring (bicyclic) bond motifs is 1. The number of piperidine rings is 1. The van der Waals surface area contributed by atoms with Gasteiger partial charge in [-0.2, -0.15) is 0 Å². The van der Waals surface area contributed by atoms with E-state index in [4.69, 9.17) is 4.74 Å². The Hall–Kier alpha value is -2.35. The fourth-order valence-electron chi connectivity index (χ4n) is 3.59. The average Bonchev–Trinajstić information content (AvgIpc) is 3.19. The van der Waals surface area contributed by atoms with Crippen LogP contribution in [0.2, 0.25) is 0 Å². The monoisotopic (exact) mass is 375 g/mol. The molecule has 0 saturated carbocycles. The van der Waals surface area contributed by atoms with Gasteiger partial charge in [0.05, 0.1) is 12.9 Å². The van der Waals surface area contributed by atoms with Crippen LogP contribution in [0.15, 0.2) is 29.4 Å². The smallest absolute Gasteiger partial charge is 0.272 e. The number of carbonyl (C=O) groups is 1. The van der Waals surface area contributed by atoms with Gasteiger partial charge in [0.15, 0.2) is 0 Å². The molecule has 0 unspecified atom stereocenters. The number of ether oxygens (including phenoxy) is 1. The number of amides is 1. The van der Waals surface area contributed by atoms with E-state index >= 15 is 0 Å². The first kappa shape index (κ1) is 17.1. The average molecular weight is 375 g/mol. The molecule has 0 N–H and O–H groups in total. The zero-order chi connectivity index (χ0) is 18.3. The van der Waals surface area contributed by atoms with E-state index < -0.39 is 9.84 Å². The molecule has 1 saturated heterocycles. The Bertz CT molecular complexity index is 942. The van der Waals surface area contributed by atoms with Crippen LogP contribution in [-0.4, -0.2) is 54.7 Å². The molecule has 0 aliphatic carbocycles. The number of carbonyl (C=O) groups excluding carboxylic acids is 1. The summed E-state index contributed by atoms with van der Waals surface area (Å²) >= 11 is 0. The lowest BCUT2D eigenvalue weighted by Crippen LogP contribution is -2.37. The Kier molecular flexibility index (Phi) is 4.22. The van der Waals surface area contributed by atoms with Gasteiger partial charge < -0.3 is 14.2 Å². The lowest BCUT2D eigenvalue weighted by molar-refractivity contribution is 0.0713. The zero-order valence-electron chi connectivity index (χ0n) is 14.6. The molecule has 0 atom stereocenters. The quantitative estimate of drug-likeness (QED) is 0.819. The number of imidazole rings is 1. The molecule has 0 radical (unpaired) electrons. The zero-order valence-corrected chi connectivity index (χ0v) is 15.5. The number of likely N-dealkylation sites (tertiary alicyclic amines) is 1. The van der Waals surface area contributed by atoms with Gasteiger partial charge in [0.1, 0.15) is 17.1 Å². The third-order valence-electron chi connectivity index (χ3n) is 5.00. The first-order valence-corrected chi connectivity index (χ1v) is 10.4. The summed E-state index contributed by atoms with van der Waals surface area (Å²) in [5.74, 6) is 0.557. The van der Waals surface area contributed by atoms with Gasteiger partial charge in [-0.05, 0) is 43.5 Å². The van der Waals surface area contributed by atoms with Crippen molar-refractivity contribution in [2.45, 2.75) is 31.0 Å². The van der Waals surface area contributed by atoms with Crippen molar-refractivity contribution >= 4 is 15.7 Å². The van der Waals surface area contributed by atoms with E-state index in [9.17, 15) is 13.2 Å². The second-order valence-corrected chi connectivity index (χ2v) is 8.65. The van der Waals surface area contributed by atoms with Crippen LogP contribution in [0.4, 0.5) is 0 Å². The van der Waals surface area contributed by atoms with Gasteiger partial charge in [-0.3, -0.25) is 4.79 Å². The van der Waals surface area contributed by atoms with Crippen LogP contribution in [0.25, 0.3) is 11.3 Å². The van der Waals surface area contributed by atoms with Crippen LogP contribution in [0.3, 0.4) is 0 Å². The fourth-order valence-corrected chi connectivity index (χ4v) is 4.95. The summed E-state index contributed by atoms with van der Waals surface area (Å²) in [4.78, 5) is 19.4. The van der Waals surface area contributed by atoms with Crippen LogP contribution in [0.5, 0.6) is 5.75 Å². The number of rotatable bonds is 3. The third kappa shape index (κ3) is 2.78. The van der Waals surface area contributed by atoms with E-state index in [1.165, 1.54) is 0 Å². The second kappa shape index (κ2) is 6.42. The minimum absolute atomic E-state index is 0.00148. The summed E-state index contributed by atoms with van der Waals surface area (Å²) in [6.45, 7) is 1.68. The van der Waals surface area contributed by atoms with Crippen LogP contribution in [-0.2, 0) is 16.4 Å². The van der Waals surface area contributed by atoms with Crippen molar-refractivity contribution in [2.75, 3.05) is 26.0 Å². The Morgan fingerprint density at radius 1 is 1.08 bits per heavy atom. The first-order chi connectivity index (χ1) is 12.5. The molecule has 7 nitrogen and oxygen atoms in total. The van der Waals surface area contributed by atoms with Crippen molar-refractivity contribution in [1.82, 2.24) is 14.5 Å². The van der Waals surface area contributed by atoms with Crippen LogP contribution >= 0.6 is 0 Å². The van der Waals surface area contributed by atoms with Gasteiger partial charge >= 0.3 is 0 Å². The largest absolute Gasteiger partial charge is 0.497 e. The summed E-state index contributed by atoms with van der Waals surface area (Å²) in [5.41, 5.74) is 1.53. The molecule has 26 heavy (non-hydrogen) atoms. The lowest BCUT2D eigenvalue weighted by atomic mass is 10.1. The molecule has 3 heterocycles. The summed E-state index contributed by atoms with van der Waals surface area (Å²) in [5, 5.41) is 0.00341. The molecule has 2 aliphatic rings.